The standard InChI is InChI=1S/C26H34N2O4/c1-19-17-28(12-11-26(19,2)22-9-6-10-23(29)15-22)18-21(13-20-7-4-3-5-8-20)14-24(30)27-16-25(31)32/h3-10,15,19,21,29H,11-14,16-18H2,1-2H3,(H,27,30)(H,31,32)/t19-,21+,26+/m0/s1. The summed E-state index contributed by atoms with van der Waals surface area (Å²) in [6.45, 7) is 6.79. The molecule has 0 aliphatic carbocycles. The number of aliphatic carboxylic acids is 1. The van der Waals surface area contributed by atoms with Crippen molar-refractivity contribution in [3.63, 3.8) is 0 Å². The molecule has 3 rings (SSSR count). The number of carbonyl (C=O) groups excluding carboxylic acids is 1. The number of rotatable bonds is 9. The summed E-state index contributed by atoms with van der Waals surface area (Å²) in [4.78, 5) is 25.6. The summed E-state index contributed by atoms with van der Waals surface area (Å²) in [5.74, 6) is -0.467. The second-order valence-corrected chi connectivity index (χ2v) is 9.31. The van der Waals surface area contributed by atoms with E-state index in [1.807, 2.05) is 30.3 Å². The van der Waals surface area contributed by atoms with Gasteiger partial charge in [0.05, 0.1) is 0 Å². The van der Waals surface area contributed by atoms with Crippen LogP contribution in [-0.4, -0.2) is 53.2 Å². The lowest BCUT2D eigenvalue weighted by Crippen LogP contribution is -2.49. The average Bonchev–Trinajstić information content (AvgIpc) is 2.75. The Morgan fingerprint density at radius 2 is 1.94 bits per heavy atom. The van der Waals surface area contributed by atoms with E-state index in [2.05, 4.69) is 42.3 Å². The summed E-state index contributed by atoms with van der Waals surface area (Å²) in [5, 5.41) is 21.3. The first-order valence-corrected chi connectivity index (χ1v) is 11.3. The van der Waals surface area contributed by atoms with Crippen LogP contribution in [0.5, 0.6) is 5.75 Å². The van der Waals surface area contributed by atoms with Gasteiger partial charge in [0.2, 0.25) is 5.91 Å². The van der Waals surface area contributed by atoms with Crippen molar-refractivity contribution in [1.29, 1.82) is 0 Å². The number of phenolic OH excluding ortho intramolecular Hbond substituents is 1. The minimum absolute atomic E-state index is 0.0109. The van der Waals surface area contributed by atoms with E-state index in [0.29, 0.717) is 18.1 Å². The lowest BCUT2D eigenvalue weighted by Gasteiger charge is -2.46. The van der Waals surface area contributed by atoms with Crippen molar-refractivity contribution in [3.8, 4) is 5.75 Å². The molecule has 1 saturated heterocycles. The highest BCUT2D eigenvalue weighted by Gasteiger charge is 2.38. The first-order chi connectivity index (χ1) is 15.3. The molecule has 3 atom stereocenters. The Morgan fingerprint density at radius 1 is 1.19 bits per heavy atom. The summed E-state index contributed by atoms with van der Waals surface area (Å²) in [6, 6.07) is 17.7. The molecular weight excluding hydrogens is 404 g/mol. The third-order valence-corrected chi connectivity index (χ3v) is 6.87. The number of carboxylic acids is 1. The van der Waals surface area contributed by atoms with Gasteiger partial charge in [-0.05, 0) is 59.9 Å². The number of amides is 1. The summed E-state index contributed by atoms with van der Waals surface area (Å²) < 4.78 is 0. The molecule has 6 heteroatoms. The number of piperidine rings is 1. The second kappa shape index (κ2) is 10.6. The van der Waals surface area contributed by atoms with Crippen LogP contribution >= 0.6 is 0 Å². The Balaban J connectivity index is 1.66. The highest BCUT2D eigenvalue weighted by Crippen LogP contribution is 2.40. The van der Waals surface area contributed by atoms with E-state index in [1.165, 1.54) is 11.1 Å². The van der Waals surface area contributed by atoms with Crippen molar-refractivity contribution >= 4 is 11.9 Å². The number of hydrogen-bond acceptors (Lipinski definition) is 4. The summed E-state index contributed by atoms with van der Waals surface area (Å²) in [5.41, 5.74) is 2.33. The van der Waals surface area contributed by atoms with E-state index >= 15 is 0 Å². The van der Waals surface area contributed by atoms with Crippen LogP contribution in [0.3, 0.4) is 0 Å². The molecular formula is C26H34N2O4. The van der Waals surface area contributed by atoms with Crippen LogP contribution in [0.25, 0.3) is 0 Å². The van der Waals surface area contributed by atoms with Crippen molar-refractivity contribution in [2.45, 2.75) is 38.5 Å². The van der Waals surface area contributed by atoms with Crippen molar-refractivity contribution in [2.75, 3.05) is 26.2 Å². The molecule has 1 amide bonds. The Labute approximate surface area is 190 Å². The molecule has 32 heavy (non-hydrogen) atoms. The molecule has 2 aromatic carbocycles. The average molecular weight is 439 g/mol. The quantitative estimate of drug-likeness (QED) is 0.558. The van der Waals surface area contributed by atoms with Gasteiger partial charge in [0.1, 0.15) is 12.3 Å². The Hall–Kier alpha value is -2.86. The van der Waals surface area contributed by atoms with E-state index in [4.69, 9.17) is 5.11 Å². The number of carboxylic acid groups (broad SMARTS) is 1. The summed E-state index contributed by atoms with van der Waals surface area (Å²) in [6.07, 6.45) is 2.05. The van der Waals surface area contributed by atoms with Crippen LogP contribution in [-0.2, 0) is 21.4 Å². The first kappa shape index (κ1) is 23.8. The van der Waals surface area contributed by atoms with E-state index in [9.17, 15) is 14.7 Å². The predicted octanol–water partition coefficient (Wildman–Crippen LogP) is 3.44. The lowest BCUT2D eigenvalue weighted by molar-refractivity contribution is -0.138. The molecule has 3 N–H and O–H groups in total. The minimum atomic E-state index is -1.03. The molecule has 6 nitrogen and oxygen atoms in total. The van der Waals surface area contributed by atoms with Gasteiger partial charge in [0, 0.05) is 19.5 Å². The maximum Gasteiger partial charge on any atom is 0.322 e. The first-order valence-electron chi connectivity index (χ1n) is 11.3. The zero-order valence-corrected chi connectivity index (χ0v) is 19.0. The molecule has 0 unspecified atom stereocenters. The lowest BCUT2D eigenvalue weighted by atomic mass is 9.68. The molecule has 1 heterocycles. The Morgan fingerprint density at radius 3 is 2.59 bits per heavy atom. The van der Waals surface area contributed by atoms with Crippen molar-refractivity contribution < 1.29 is 19.8 Å². The van der Waals surface area contributed by atoms with Gasteiger partial charge in [-0.2, -0.15) is 0 Å². The van der Waals surface area contributed by atoms with Gasteiger partial charge in [-0.1, -0.05) is 56.3 Å². The van der Waals surface area contributed by atoms with Crippen molar-refractivity contribution in [3.05, 3.63) is 65.7 Å². The molecule has 1 aliphatic heterocycles. The topological polar surface area (TPSA) is 89.9 Å². The van der Waals surface area contributed by atoms with Crippen molar-refractivity contribution in [2.24, 2.45) is 11.8 Å². The van der Waals surface area contributed by atoms with E-state index in [1.54, 1.807) is 6.07 Å². The summed E-state index contributed by atoms with van der Waals surface area (Å²) in [7, 11) is 0. The fraction of sp³-hybridized carbons (Fsp3) is 0.462. The maximum atomic E-state index is 12.4. The zero-order chi connectivity index (χ0) is 23.1. The number of nitrogens with one attached hydrogen (secondary N) is 1. The number of carbonyl (C=O) groups is 2. The van der Waals surface area contributed by atoms with Gasteiger partial charge in [0.25, 0.3) is 0 Å². The van der Waals surface area contributed by atoms with Gasteiger partial charge in [-0.15, -0.1) is 0 Å². The van der Waals surface area contributed by atoms with Gasteiger partial charge in [0.15, 0.2) is 0 Å². The summed E-state index contributed by atoms with van der Waals surface area (Å²) >= 11 is 0. The number of nitrogens with zero attached hydrogens (tertiary/aromatic N) is 1. The monoisotopic (exact) mass is 438 g/mol. The number of benzene rings is 2. The minimum Gasteiger partial charge on any atom is -0.508 e. The van der Waals surface area contributed by atoms with Crippen LogP contribution in [0.15, 0.2) is 54.6 Å². The number of likely N-dealkylation sites (tertiary alicyclic amines) is 1. The molecule has 0 radical (unpaired) electrons. The number of aromatic hydroxyl groups is 1. The molecule has 0 spiro atoms. The SMILES string of the molecule is C[C@H]1CN(C[C@@H](CC(=O)NCC(=O)O)Cc2ccccc2)CC[C@@]1(C)c1cccc(O)c1. The van der Waals surface area contributed by atoms with Gasteiger partial charge < -0.3 is 20.4 Å². The molecule has 1 fully saturated rings. The number of phenols is 1. The normalized spacial score (nSPS) is 22.2. The molecule has 0 aromatic heterocycles. The van der Waals surface area contributed by atoms with E-state index < -0.39 is 5.97 Å². The van der Waals surface area contributed by atoms with E-state index in [0.717, 1.165) is 32.5 Å². The van der Waals surface area contributed by atoms with Gasteiger partial charge in [-0.25, -0.2) is 0 Å². The smallest absolute Gasteiger partial charge is 0.322 e. The van der Waals surface area contributed by atoms with E-state index in [-0.39, 0.29) is 23.8 Å². The maximum absolute atomic E-state index is 12.4. The molecule has 172 valence electrons. The third-order valence-electron chi connectivity index (χ3n) is 6.87. The Kier molecular flexibility index (Phi) is 7.91. The van der Waals surface area contributed by atoms with Crippen LogP contribution in [0.1, 0.15) is 37.8 Å². The van der Waals surface area contributed by atoms with Gasteiger partial charge >= 0.3 is 5.97 Å². The second-order valence-electron chi connectivity index (χ2n) is 9.31. The number of hydrogen-bond donors (Lipinski definition) is 3. The van der Waals surface area contributed by atoms with Crippen molar-refractivity contribution in [1.82, 2.24) is 10.2 Å². The third kappa shape index (κ3) is 6.33. The highest BCUT2D eigenvalue weighted by molar-refractivity contribution is 5.81. The molecule has 0 bridgehead atoms. The molecule has 1 aliphatic rings. The predicted molar refractivity (Wildman–Crippen MR) is 125 cm³/mol. The van der Waals surface area contributed by atoms with Gasteiger partial charge in [-0.3, -0.25) is 9.59 Å². The van der Waals surface area contributed by atoms with Crippen LogP contribution in [0.4, 0.5) is 0 Å². The fourth-order valence-corrected chi connectivity index (χ4v) is 4.80. The Bertz CT molecular complexity index is 917. The molecule has 2 aromatic rings. The largest absolute Gasteiger partial charge is 0.508 e. The zero-order valence-electron chi connectivity index (χ0n) is 19.0. The highest BCUT2D eigenvalue weighted by atomic mass is 16.4. The fourth-order valence-electron chi connectivity index (χ4n) is 4.80. The van der Waals surface area contributed by atoms with Crippen LogP contribution in [0.2, 0.25) is 0 Å². The van der Waals surface area contributed by atoms with Crippen LogP contribution < -0.4 is 5.32 Å². The van der Waals surface area contributed by atoms with Crippen LogP contribution in [0, 0.1) is 11.8 Å². The molecule has 0 saturated carbocycles.